The van der Waals surface area contributed by atoms with Gasteiger partial charge in [0.15, 0.2) is 0 Å². The van der Waals surface area contributed by atoms with Gasteiger partial charge in [0.1, 0.15) is 17.4 Å². The minimum atomic E-state index is -0.474. The van der Waals surface area contributed by atoms with E-state index in [1.165, 1.54) is 0 Å². The Bertz CT molecular complexity index is 630. The van der Waals surface area contributed by atoms with Crippen LogP contribution in [-0.4, -0.2) is 18.6 Å². The van der Waals surface area contributed by atoms with Gasteiger partial charge in [0.2, 0.25) is 0 Å². The molecule has 8 heteroatoms. The van der Waals surface area contributed by atoms with Crippen molar-refractivity contribution in [3.63, 3.8) is 0 Å². The van der Waals surface area contributed by atoms with E-state index in [0.29, 0.717) is 40.1 Å². The number of halogens is 2. The molecule has 21 heavy (non-hydrogen) atoms. The van der Waals surface area contributed by atoms with Crippen molar-refractivity contribution in [1.82, 2.24) is 0 Å². The van der Waals surface area contributed by atoms with Crippen molar-refractivity contribution in [3.05, 3.63) is 16.1 Å². The van der Waals surface area contributed by atoms with Crippen molar-refractivity contribution < 1.29 is 9.53 Å². The number of nitrogens with one attached hydrogen (secondary N) is 1. The first-order chi connectivity index (χ1) is 10.1. The van der Waals surface area contributed by atoms with Crippen LogP contribution in [0.1, 0.15) is 26.7 Å². The number of ether oxygens (including phenoxy) is 1. The molecular weight excluding hydrogens is 333 g/mol. The summed E-state index contributed by atoms with van der Waals surface area (Å²) < 4.78 is 13.4. The highest BCUT2D eigenvalue weighted by atomic mass is 35.5. The lowest BCUT2D eigenvalue weighted by Gasteiger charge is -2.20. The summed E-state index contributed by atoms with van der Waals surface area (Å²) in [6.45, 7) is 4.11. The van der Waals surface area contributed by atoms with Crippen LogP contribution in [0.5, 0.6) is 0 Å². The largest absolute Gasteiger partial charge is 0.464 e. The molecule has 1 aliphatic rings. The Morgan fingerprint density at radius 1 is 1.33 bits per heavy atom. The average molecular weight is 348 g/mol. The third kappa shape index (κ3) is 3.56. The topological polar surface area (TPSA) is 63.0 Å². The fourth-order valence-electron chi connectivity index (χ4n) is 1.97. The van der Waals surface area contributed by atoms with E-state index in [2.05, 4.69) is 14.0 Å². The van der Waals surface area contributed by atoms with Crippen molar-refractivity contribution in [2.24, 2.45) is 8.73 Å². The first kappa shape index (κ1) is 16.3. The number of nitrogens with zero attached hydrogens (tertiary/aromatic N) is 2. The van der Waals surface area contributed by atoms with E-state index in [-0.39, 0.29) is 5.97 Å². The predicted molar refractivity (Wildman–Crippen MR) is 87.0 cm³/mol. The number of rotatable bonds is 6. The van der Waals surface area contributed by atoms with E-state index < -0.39 is 6.04 Å². The standard InChI is InChI=1S/C13H15Cl2N3O2S/c1-3-5-9(13(19)20-4-2)16-10-7(14)6-8(15)11-12(10)18-21-17-11/h6,9,16H,3-5H2,1-2H3. The molecule has 1 aliphatic heterocycles. The second-order valence-corrected chi connectivity index (χ2v) is 5.76. The first-order valence-electron chi connectivity index (χ1n) is 6.61. The van der Waals surface area contributed by atoms with Gasteiger partial charge in [0.25, 0.3) is 0 Å². The van der Waals surface area contributed by atoms with E-state index in [4.69, 9.17) is 27.9 Å². The van der Waals surface area contributed by atoms with Crippen LogP contribution in [-0.2, 0) is 20.9 Å². The van der Waals surface area contributed by atoms with Gasteiger partial charge in [0, 0.05) is 0 Å². The van der Waals surface area contributed by atoms with Crippen LogP contribution in [0.15, 0.2) is 14.8 Å². The smallest absolute Gasteiger partial charge is 0.328 e. The predicted octanol–water partition coefficient (Wildman–Crippen LogP) is 4.86. The van der Waals surface area contributed by atoms with Crippen LogP contribution in [0.25, 0.3) is 0 Å². The summed E-state index contributed by atoms with van der Waals surface area (Å²) >= 11 is 13.4. The molecule has 1 atom stereocenters. The molecule has 1 N–H and O–H groups in total. The zero-order chi connectivity index (χ0) is 15.4. The van der Waals surface area contributed by atoms with E-state index in [1.54, 1.807) is 13.0 Å². The minimum absolute atomic E-state index is 0.304. The van der Waals surface area contributed by atoms with E-state index in [1.807, 2.05) is 6.92 Å². The highest BCUT2D eigenvalue weighted by molar-refractivity contribution is 7.58. The third-order valence-electron chi connectivity index (χ3n) is 2.91. The van der Waals surface area contributed by atoms with Crippen LogP contribution in [0, 0.1) is 0 Å². The molecule has 5 nitrogen and oxygen atoms in total. The summed E-state index contributed by atoms with van der Waals surface area (Å²) in [7, 11) is 0. The Labute approximate surface area is 136 Å². The fraction of sp³-hybridized carbons (Fsp3) is 0.462. The normalized spacial score (nSPS) is 13.5. The molecule has 0 aliphatic carbocycles. The molecule has 1 aromatic carbocycles. The number of esters is 1. The van der Waals surface area contributed by atoms with Gasteiger partial charge < -0.3 is 10.1 Å². The molecule has 1 aromatic rings. The summed E-state index contributed by atoms with van der Waals surface area (Å²) in [6.07, 6.45) is 1.47. The van der Waals surface area contributed by atoms with Crippen molar-refractivity contribution >= 4 is 57.6 Å². The molecule has 114 valence electrons. The molecule has 2 rings (SSSR count). The van der Waals surface area contributed by atoms with Crippen LogP contribution in [0.4, 0.5) is 17.1 Å². The van der Waals surface area contributed by atoms with Crippen molar-refractivity contribution in [1.29, 1.82) is 0 Å². The van der Waals surface area contributed by atoms with E-state index >= 15 is 0 Å². The summed E-state index contributed by atoms with van der Waals surface area (Å²) in [4.78, 5) is 12.0. The summed E-state index contributed by atoms with van der Waals surface area (Å²) in [5.74, 6) is -0.304. The first-order valence-corrected chi connectivity index (χ1v) is 8.10. The van der Waals surface area contributed by atoms with E-state index in [0.717, 1.165) is 17.8 Å². The van der Waals surface area contributed by atoms with Gasteiger partial charge in [-0.05, 0) is 19.4 Å². The number of hydrogen-bond acceptors (Lipinski definition) is 5. The number of fused-ring (bicyclic) bond motifs is 1. The fourth-order valence-corrected chi connectivity index (χ4v) is 3.13. The molecule has 0 radical (unpaired) electrons. The van der Waals surface area contributed by atoms with Crippen LogP contribution < -0.4 is 5.32 Å². The zero-order valence-electron chi connectivity index (χ0n) is 11.7. The second-order valence-electron chi connectivity index (χ2n) is 4.41. The highest BCUT2D eigenvalue weighted by Gasteiger charge is 2.24. The van der Waals surface area contributed by atoms with Crippen molar-refractivity contribution in [2.45, 2.75) is 32.7 Å². The molecule has 0 aromatic heterocycles. The summed E-state index contributed by atoms with van der Waals surface area (Å²) in [5, 5.41) is 3.98. The molecule has 0 bridgehead atoms. The Kier molecular flexibility index (Phi) is 5.61. The maximum atomic E-state index is 12.0. The summed E-state index contributed by atoms with van der Waals surface area (Å²) in [6, 6.07) is 1.13. The van der Waals surface area contributed by atoms with Crippen LogP contribution in [0.2, 0.25) is 10.0 Å². The molecule has 1 heterocycles. The van der Waals surface area contributed by atoms with Gasteiger partial charge in [-0.15, -0.1) is 0 Å². The molecule has 0 fully saturated rings. The SMILES string of the molecule is CCCC(Nc1c(Cl)cc(Cl)c2c1N=S=N2)C(=O)OCC. The zero-order valence-corrected chi connectivity index (χ0v) is 14.0. The molecule has 0 saturated heterocycles. The molecule has 0 spiro atoms. The lowest BCUT2D eigenvalue weighted by atomic mass is 10.1. The maximum Gasteiger partial charge on any atom is 0.328 e. The Hall–Kier alpha value is -1.11. The molecular formula is C13H15Cl2N3O2S. The lowest BCUT2D eigenvalue weighted by molar-refractivity contribution is -0.144. The third-order valence-corrected chi connectivity index (χ3v) is 4.03. The maximum absolute atomic E-state index is 12.0. The number of hydrogen-bond donors (Lipinski definition) is 1. The quantitative estimate of drug-likeness (QED) is 0.758. The van der Waals surface area contributed by atoms with Gasteiger partial charge >= 0.3 is 5.97 Å². The monoisotopic (exact) mass is 347 g/mol. The van der Waals surface area contributed by atoms with Crippen molar-refractivity contribution in [3.8, 4) is 0 Å². The summed E-state index contributed by atoms with van der Waals surface area (Å²) in [5.41, 5.74) is 1.71. The van der Waals surface area contributed by atoms with Crippen molar-refractivity contribution in [2.75, 3.05) is 11.9 Å². The minimum Gasteiger partial charge on any atom is -0.464 e. The Morgan fingerprint density at radius 2 is 2.05 bits per heavy atom. The molecule has 0 saturated carbocycles. The van der Waals surface area contributed by atoms with Gasteiger partial charge in [0.05, 0.1) is 33.7 Å². The Balaban J connectivity index is 2.32. The molecule has 1 unspecified atom stereocenters. The number of anilines is 1. The van der Waals surface area contributed by atoms with Crippen LogP contribution in [0.3, 0.4) is 0 Å². The number of carbonyl (C=O) groups excluding carboxylic acids is 1. The lowest BCUT2D eigenvalue weighted by Crippen LogP contribution is -2.31. The van der Waals surface area contributed by atoms with Crippen LogP contribution >= 0.6 is 23.2 Å². The molecule has 0 amide bonds. The second kappa shape index (κ2) is 7.24. The average Bonchev–Trinajstić information content (AvgIpc) is 2.92. The van der Waals surface area contributed by atoms with Gasteiger partial charge in [-0.25, -0.2) is 4.79 Å². The number of carbonyl (C=O) groups is 1. The highest BCUT2D eigenvalue weighted by Crippen LogP contribution is 2.47. The van der Waals surface area contributed by atoms with Gasteiger partial charge in [-0.3, -0.25) is 0 Å². The Morgan fingerprint density at radius 3 is 2.71 bits per heavy atom. The van der Waals surface area contributed by atoms with Gasteiger partial charge in [-0.1, -0.05) is 36.5 Å². The van der Waals surface area contributed by atoms with Gasteiger partial charge in [-0.2, -0.15) is 8.73 Å². The van der Waals surface area contributed by atoms with E-state index in [9.17, 15) is 4.79 Å². The number of benzene rings is 1.